The molecule has 0 amide bonds. The van der Waals surface area contributed by atoms with Crippen molar-refractivity contribution < 1.29 is 9.84 Å². The maximum absolute atomic E-state index is 9.33. The molecule has 0 bridgehead atoms. The van der Waals surface area contributed by atoms with Gasteiger partial charge in [-0.15, -0.1) is 0 Å². The highest BCUT2D eigenvalue weighted by atomic mass is 127. The van der Waals surface area contributed by atoms with Crippen molar-refractivity contribution >= 4 is 22.6 Å². The van der Waals surface area contributed by atoms with E-state index in [1.807, 2.05) is 0 Å². The van der Waals surface area contributed by atoms with Crippen molar-refractivity contribution in [3.05, 3.63) is 0 Å². The van der Waals surface area contributed by atoms with E-state index in [0.717, 1.165) is 6.54 Å². The van der Waals surface area contributed by atoms with Crippen LogP contribution in [0.2, 0.25) is 0 Å². The molecule has 0 spiro atoms. The molecule has 0 aromatic rings. The van der Waals surface area contributed by atoms with Crippen LogP contribution >= 0.6 is 22.6 Å². The average molecular weight is 255 g/mol. The van der Waals surface area contributed by atoms with Gasteiger partial charge in [0.1, 0.15) is 0 Å². The molecule has 4 heteroatoms. The average Bonchev–Trinajstić information content (AvgIpc) is 2.41. The van der Waals surface area contributed by atoms with Gasteiger partial charge in [-0.3, -0.25) is 0 Å². The second kappa shape index (κ2) is 2.58. The van der Waals surface area contributed by atoms with E-state index in [1.54, 1.807) is 0 Å². The van der Waals surface area contributed by atoms with Crippen LogP contribution in [0.5, 0.6) is 0 Å². The number of aliphatic hydroxyl groups excluding tert-OH is 1. The van der Waals surface area contributed by atoms with Gasteiger partial charge in [-0.2, -0.15) is 0 Å². The monoisotopic (exact) mass is 255 g/mol. The highest BCUT2D eigenvalue weighted by Crippen LogP contribution is 2.26. The third-order valence-corrected chi connectivity index (χ3v) is 3.28. The molecule has 2 aliphatic rings. The first-order chi connectivity index (χ1) is 4.79. The van der Waals surface area contributed by atoms with Crippen molar-refractivity contribution in [1.82, 2.24) is 5.32 Å². The van der Waals surface area contributed by atoms with E-state index in [2.05, 4.69) is 27.9 Å². The number of fused-ring (bicyclic) bond motifs is 1. The van der Waals surface area contributed by atoms with Crippen molar-refractivity contribution in [1.29, 1.82) is 0 Å². The Morgan fingerprint density at radius 3 is 3.10 bits per heavy atom. The summed E-state index contributed by atoms with van der Waals surface area (Å²) in [6.07, 6.45) is -0.0413. The summed E-state index contributed by atoms with van der Waals surface area (Å²) in [5.74, 6) is 0. The molecule has 3 nitrogen and oxygen atoms in total. The Morgan fingerprint density at radius 2 is 2.40 bits per heavy atom. The van der Waals surface area contributed by atoms with E-state index in [4.69, 9.17) is 4.74 Å². The molecule has 2 saturated heterocycles. The van der Waals surface area contributed by atoms with Gasteiger partial charge >= 0.3 is 0 Å². The molecule has 2 aliphatic heterocycles. The molecule has 10 heavy (non-hydrogen) atoms. The minimum Gasteiger partial charge on any atom is -0.389 e. The molecule has 0 saturated carbocycles. The van der Waals surface area contributed by atoms with Crippen molar-refractivity contribution in [3.8, 4) is 0 Å². The number of aliphatic hydroxyl groups is 1. The van der Waals surface area contributed by atoms with Crippen LogP contribution in [0.3, 0.4) is 0 Å². The summed E-state index contributed by atoms with van der Waals surface area (Å²) in [6, 6.07) is 0.196. The van der Waals surface area contributed by atoms with Gasteiger partial charge in [0.15, 0.2) is 0 Å². The quantitative estimate of drug-likeness (QED) is 0.454. The van der Waals surface area contributed by atoms with Crippen LogP contribution in [-0.4, -0.2) is 40.4 Å². The van der Waals surface area contributed by atoms with Gasteiger partial charge in [0.05, 0.1) is 28.8 Å². The molecule has 2 rings (SSSR count). The topological polar surface area (TPSA) is 41.5 Å². The molecule has 58 valence electrons. The fourth-order valence-electron chi connectivity index (χ4n) is 1.58. The summed E-state index contributed by atoms with van der Waals surface area (Å²) in [4.78, 5) is 0. The normalized spacial score (nSPS) is 53.4. The lowest BCUT2D eigenvalue weighted by Crippen LogP contribution is -2.36. The fraction of sp³-hybridized carbons (Fsp3) is 1.00. The molecular weight excluding hydrogens is 245 g/mol. The first-order valence-electron chi connectivity index (χ1n) is 3.46. The standard InChI is InChI=1S/C6H10INO2/c7-3-1-8-5-4(9)2-10-6(3)5/h3-6,8-9H,1-2H2/t3-,4-,5+,6+/m0/s1. The summed E-state index contributed by atoms with van der Waals surface area (Å²) in [6.45, 7) is 1.47. The third-order valence-electron chi connectivity index (χ3n) is 2.13. The predicted molar refractivity (Wildman–Crippen MR) is 45.3 cm³/mol. The van der Waals surface area contributed by atoms with Crippen molar-refractivity contribution in [2.45, 2.75) is 22.2 Å². The number of hydrogen-bond acceptors (Lipinski definition) is 3. The summed E-state index contributed by atoms with van der Waals surface area (Å²) >= 11 is 2.36. The largest absolute Gasteiger partial charge is 0.389 e. The molecule has 0 aliphatic carbocycles. The number of hydrogen-bond donors (Lipinski definition) is 2. The number of rotatable bonds is 0. The Hall–Kier alpha value is 0.610. The molecule has 2 fully saturated rings. The maximum atomic E-state index is 9.33. The second-order valence-electron chi connectivity index (χ2n) is 2.82. The molecule has 2 heterocycles. The number of halogens is 1. The van der Waals surface area contributed by atoms with Crippen molar-refractivity contribution in [2.75, 3.05) is 13.2 Å². The molecule has 0 radical (unpaired) electrons. The Balaban J connectivity index is 2.09. The zero-order valence-corrected chi connectivity index (χ0v) is 7.61. The summed E-state index contributed by atoms with van der Waals surface area (Å²) in [5.41, 5.74) is 0. The van der Waals surface area contributed by atoms with Crippen LogP contribution in [0.4, 0.5) is 0 Å². The second-order valence-corrected chi connectivity index (χ2v) is 4.42. The molecular formula is C6H10INO2. The van der Waals surface area contributed by atoms with Crippen LogP contribution in [-0.2, 0) is 4.74 Å². The molecule has 0 unspecified atom stereocenters. The minimum atomic E-state index is -0.287. The number of ether oxygens (including phenoxy) is 1. The van der Waals surface area contributed by atoms with Gasteiger partial charge in [0.25, 0.3) is 0 Å². The third kappa shape index (κ3) is 0.975. The van der Waals surface area contributed by atoms with Gasteiger partial charge in [0, 0.05) is 6.54 Å². The van der Waals surface area contributed by atoms with Crippen LogP contribution in [0.1, 0.15) is 0 Å². The SMILES string of the molecule is O[C@H]1CO[C@H]2[C@@H]1NC[C@@H]2I. The molecule has 4 atom stereocenters. The Kier molecular flexibility index (Phi) is 1.88. The lowest BCUT2D eigenvalue weighted by Gasteiger charge is -2.10. The zero-order chi connectivity index (χ0) is 7.14. The lowest BCUT2D eigenvalue weighted by molar-refractivity contribution is 0.0914. The van der Waals surface area contributed by atoms with E-state index < -0.39 is 0 Å². The first kappa shape index (κ1) is 7.27. The Morgan fingerprint density at radius 1 is 1.60 bits per heavy atom. The van der Waals surface area contributed by atoms with Crippen molar-refractivity contribution in [3.63, 3.8) is 0 Å². The Bertz CT molecular complexity index is 128. The van der Waals surface area contributed by atoms with E-state index >= 15 is 0 Å². The summed E-state index contributed by atoms with van der Waals surface area (Å²) in [7, 11) is 0. The van der Waals surface area contributed by atoms with Gasteiger partial charge in [-0.25, -0.2) is 0 Å². The van der Waals surface area contributed by atoms with E-state index in [-0.39, 0.29) is 18.2 Å². The Labute approximate surface area is 73.3 Å². The van der Waals surface area contributed by atoms with E-state index in [9.17, 15) is 5.11 Å². The van der Waals surface area contributed by atoms with Crippen molar-refractivity contribution in [2.24, 2.45) is 0 Å². The highest BCUT2D eigenvalue weighted by molar-refractivity contribution is 14.1. The molecule has 0 aromatic carbocycles. The lowest BCUT2D eigenvalue weighted by atomic mass is 10.1. The van der Waals surface area contributed by atoms with Crippen LogP contribution in [0.15, 0.2) is 0 Å². The smallest absolute Gasteiger partial charge is 0.0952 e. The van der Waals surface area contributed by atoms with Crippen LogP contribution in [0.25, 0.3) is 0 Å². The van der Waals surface area contributed by atoms with Gasteiger partial charge < -0.3 is 15.2 Å². The summed E-state index contributed by atoms with van der Waals surface area (Å²) in [5, 5.41) is 12.6. The fourth-order valence-corrected chi connectivity index (χ4v) is 2.49. The summed E-state index contributed by atoms with van der Waals surface area (Å²) < 4.78 is 5.91. The zero-order valence-electron chi connectivity index (χ0n) is 5.46. The number of alkyl halides is 1. The maximum Gasteiger partial charge on any atom is 0.0952 e. The van der Waals surface area contributed by atoms with E-state index in [0.29, 0.717) is 10.5 Å². The highest BCUT2D eigenvalue weighted by Gasteiger charge is 2.44. The molecule has 2 N–H and O–H groups in total. The minimum absolute atomic E-state index is 0.196. The van der Waals surface area contributed by atoms with Gasteiger partial charge in [0.2, 0.25) is 0 Å². The van der Waals surface area contributed by atoms with Crippen LogP contribution in [0, 0.1) is 0 Å². The predicted octanol–water partition coefficient (Wildman–Crippen LogP) is -0.478. The van der Waals surface area contributed by atoms with Gasteiger partial charge in [-0.05, 0) is 0 Å². The molecule has 0 aromatic heterocycles. The number of nitrogens with one attached hydrogen (secondary N) is 1. The van der Waals surface area contributed by atoms with E-state index in [1.165, 1.54) is 0 Å². The first-order valence-corrected chi connectivity index (χ1v) is 4.71. The van der Waals surface area contributed by atoms with Crippen LogP contribution < -0.4 is 5.32 Å². The van der Waals surface area contributed by atoms with Gasteiger partial charge in [-0.1, -0.05) is 22.6 Å².